The van der Waals surface area contributed by atoms with Gasteiger partial charge >= 0.3 is 0 Å². The maximum Gasteiger partial charge on any atom is 0.227 e. The second-order valence-electron chi connectivity index (χ2n) is 11.8. The van der Waals surface area contributed by atoms with E-state index in [0.717, 1.165) is 62.0 Å². The Kier molecular flexibility index (Phi) is 8.40. The molecule has 0 spiro atoms. The van der Waals surface area contributed by atoms with E-state index in [9.17, 15) is 0 Å². The number of rotatable bonds is 6. The van der Waals surface area contributed by atoms with E-state index in [1.54, 1.807) is 0 Å². The molecule has 8 aromatic rings. The predicted molar refractivity (Wildman–Crippen MR) is 199 cm³/mol. The first-order valence-corrected chi connectivity index (χ1v) is 16.6. The molecule has 0 amide bonds. The third kappa shape index (κ3) is 6.84. The molecule has 0 radical (unpaired) electrons. The van der Waals surface area contributed by atoms with Crippen molar-refractivity contribution in [2.45, 2.75) is 6.42 Å². The molecule has 0 atom stereocenters. The first-order valence-electron chi connectivity index (χ1n) is 15.9. The van der Waals surface area contributed by atoms with Gasteiger partial charge in [0.25, 0.3) is 0 Å². The van der Waals surface area contributed by atoms with Crippen molar-refractivity contribution in [2.24, 2.45) is 9.98 Å². The number of benzene rings is 6. The van der Waals surface area contributed by atoms with Crippen molar-refractivity contribution in [1.29, 1.82) is 0 Å². The highest BCUT2D eigenvalue weighted by Gasteiger charge is 2.10. The number of hydrogen-bond donors (Lipinski definition) is 0. The highest BCUT2D eigenvalue weighted by atomic mass is 35.5. The lowest BCUT2D eigenvalue weighted by Gasteiger charge is -2.07. The van der Waals surface area contributed by atoms with Gasteiger partial charge in [-0.2, -0.15) is 0 Å². The molecule has 2 heterocycles. The van der Waals surface area contributed by atoms with E-state index >= 15 is 0 Å². The molecule has 236 valence electrons. The highest BCUT2D eigenvalue weighted by molar-refractivity contribution is 6.31. The van der Waals surface area contributed by atoms with Gasteiger partial charge in [0, 0.05) is 31.9 Å². The maximum atomic E-state index is 6.30. The summed E-state index contributed by atoms with van der Waals surface area (Å²) >= 11 is 12.5. The van der Waals surface area contributed by atoms with Gasteiger partial charge in [0.15, 0.2) is 0 Å². The van der Waals surface area contributed by atoms with Gasteiger partial charge in [-0.15, -0.1) is 0 Å². The summed E-state index contributed by atoms with van der Waals surface area (Å²) in [5, 5.41) is 3.17. The molecule has 0 fully saturated rings. The van der Waals surface area contributed by atoms with E-state index in [2.05, 4.69) is 60.7 Å². The van der Waals surface area contributed by atoms with Crippen molar-refractivity contribution < 1.29 is 8.83 Å². The second kappa shape index (κ2) is 13.4. The Balaban J connectivity index is 1.07. The van der Waals surface area contributed by atoms with Crippen molar-refractivity contribution in [3.63, 3.8) is 0 Å². The summed E-state index contributed by atoms with van der Waals surface area (Å²) < 4.78 is 12.6. The average molecular weight is 676 g/mol. The zero-order valence-corrected chi connectivity index (χ0v) is 27.7. The van der Waals surface area contributed by atoms with Crippen LogP contribution in [0.3, 0.4) is 0 Å². The molecule has 49 heavy (non-hydrogen) atoms. The van der Waals surface area contributed by atoms with Crippen LogP contribution in [-0.4, -0.2) is 0 Å². The molecular weight excluding hydrogens is 647 g/mol. The molecule has 0 saturated carbocycles. The largest absolute Gasteiger partial charge is 0.438 e. The Morgan fingerprint density at radius 1 is 0.429 bits per heavy atom. The fourth-order valence-electron chi connectivity index (χ4n) is 5.86. The van der Waals surface area contributed by atoms with Crippen molar-refractivity contribution >= 4 is 56.5 Å². The van der Waals surface area contributed by atoms with E-state index < -0.39 is 0 Å². The van der Waals surface area contributed by atoms with Crippen molar-refractivity contribution in [3.8, 4) is 22.3 Å². The van der Waals surface area contributed by atoms with E-state index in [1.807, 2.05) is 97.1 Å². The third-order valence-electron chi connectivity index (χ3n) is 8.33. The smallest absolute Gasteiger partial charge is 0.227 e. The monoisotopic (exact) mass is 674 g/mol. The zero-order valence-electron chi connectivity index (χ0n) is 26.2. The van der Waals surface area contributed by atoms with Gasteiger partial charge in [-0.25, -0.2) is 9.98 Å². The minimum atomic E-state index is 0.547. The normalized spacial score (nSPS) is 12.2. The highest BCUT2D eigenvalue weighted by Crippen LogP contribution is 2.27. The minimum Gasteiger partial charge on any atom is -0.438 e. The van der Waals surface area contributed by atoms with Crippen LogP contribution in [0, 0.1) is 0 Å². The summed E-state index contributed by atoms with van der Waals surface area (Å²) in [5.74, 6) is 0. The first kappa shape index (κ1) is 30.6. The summed E-state index contributed by atoms with van der Waals surface area (Å²) in [6.07, 6.45) is 0.771. The van der Waals surface area contributed by atoms with Gasteiger partial charge in [-0.3, -0.25) is 0 Å². The van der Waals surface area contributed by atoms with Crippen LogP contribution in [0.5, 0.6) is 0 Å². The van der Waals surface area contributed by atoms with Crippen LogP contribution in [0.4, 0.5) is 11.4 Å². The first-order chi connectivity index (χ1) is 24.0. The van der Waals surface area contributed by atoms with Crippen LogP contribution in [0.25, 0.3) is 44.2 Å². The van der Waals surface area contributed by atoms with Gasteiger partial charge in [-0.1, -0.05) is 108 Å². The van der Waals surface area contributed by atoms with Crippen molar-refractivity contribution in [3.05, 3.63) is 190 Å². The Hall–Kier alpha value is -5.68. The molecule has 2 aromatic heterocycles. The number of fused-ring (bicyclic) bond motifs is 2. The van der Waals surface area contributed by atoms with Crippen LogP contribution in [0.1, 0.15) is 11.1 Å². The Morgan fingerprint density at radius 3 is 1.24 bits per heavy atom. The molecule has 0 aliphatic carbocycles. The lowest BCUT2D eigenvalue weighted by atomic mass is 10.0. The molecular formula is C43H28Cl2N2O2. The number of nitrogens with zero attached hydrogens (tertiary/aromatic N) is 2. The van der Waals surface area contributed by atoms with Gasteiger partial charge < -0.3 is 8.83 Å². The molecule has 0 aliphatic rings. The van der Waals surface area contributed by atoms with Gasteiger partial charge in [0.05, 0.1) is 11.4 Å². The fraction of sp³-hybridized carbons (Fsp3) is 0.0233. The predicted octanol–water partition coefficient (Wildman–Crippen LogP) is 11.9. The molecule has 4 nitrogen and oxygen atoms in total. The quantitative estimate of drug-likeness (QED) is 0.176. The Bertz CT molecular complexity index is 2390. The van der Waals surface area contributed by atoms with Crippen LogP contribution in [0.15, 0.2) is 177 Å². The van der Waals surface area contributed by atoms with Gasteiger partial charge in [-0.05, 0) is 101 Å². The lowest BCUT2D eigenvalue weighted by molar-refractivity contribution is 0.547. The molecule has 6 aromatic carbocycles. The maximum absolute atomic E-state index is 6.30. The van der Waals surface area contributed by atoms with Crippen LogP contribution >= 0.6 is 23.2 Å². The molecule has 6 heteroatoms. The number of hydrogen-bond acceptors (Lipinski definition) is 4. The lowest BCUT2D eigenvalue weighted by Crippen LogP contribution is -2.05. The molecule has 0 aliphatic heterocycles. The van der Waals surface area contributed by atoms with E-state index in [0.29, 0.717) is 21.2 Å². The van der Waals surface area contributed by atoms with Gasteiger partial charge in [0.1, 0.15) is 11.2 Å². The van der Waals surface area contributed by atoms with Crippen LogP contribution in [-0.2, 0) is 6.42 Å². The van der Waals surface area contributed by atoms with E-state index in [4.69, 9.17) is 42.0 Å². The number of halogens is 2. The standard InChI is InChI=1S/C43H28Cl2N2O2/c44-34-15-21-40-32(24-34)26-38(30-7-3-1-4-8-30)42(48-40)46-36-17-11-28(12-18-36)23-29-13-19-37(20-14-29)47-43-39(31-9-5-2-6-10-31)27-33-25-35(45)16-22-41(33)49-43/h1-22,24-27H,23H2. The van der Waals surface area contributed by atoms with Crippen molar-refractivity contribution in [1.82, 2.24) is 0 Å². The fourth-order valence-corrected chi connectivity index (χ4v) is 6.23. The summed E-state index contributed by atoms with van der Waals surface area (Å²) in [7, 11) is 0. The molecule has 0 bridgehead atoms. The molecule has 0 unspecified atom stereocenters. The second-order valence-corrected chi connectivity index (χ2v) is 12.6. The summed E-state index contributed by atoms with van der Waals surface area (Å²) in [6, 6.07) is 52.1. The van der Waals surface area contributed by atoms with E-state index in [1.165, 1.54) is 11.1 Å². The Labute approximate surface area is 292 Å². The SMILES string of the molecule is Clc1ccc2oc(=Nc3ccc(Cc4ccc(N=c5oc6ccc(Cl)cc6cc5-c5ccccc5)cc4)cc3)c(-c3ccccc3)cc2c1. The molecule has 0 N–H and O–H groups in total. The Morgan fingerprint density at radius 2 is 0.837 bits per heavy atom. The zero-order chi connectivity index (χ0) is 33.2. The minimum absolute atomic E-state index is 0.547. The average Bonchev–Trinajstić information content (AvgIpc) is 3.13. The summed E-state index contributed by atoms with van der Waals surface area (Å²) in [5.41, 5.74) is 10.4. The molecule has 8 rings (SSSR count). The summed E-state index contributed by atoms with van der Waals surface area (Å²) in [4.78, 5) is 9.83. The topological polar surface area (TPSA) is 51.0 Å². The third-order valence-corrected chi connectivity index (χ3v) is 8.80. The van der Waals surface area contributed by atoms with Crippen LogP contribution in [0.2, 0.25) is 10.0 Å². The van der Waals surface area contributed by atoms with Gasteiger partial charge in [0.2, 0.25) is 11.1 Å². The summed E-state index contributed by atoms with van der Waals surface area (Å²) in [6.45, 7) is 0. The van der Waals surface area contributed by atoms with Crippen molar-refractivity contribution in [2.75, 3.05) is 0 Å². The molecule has 0 saturated heterocycles. The van der Waals surface area contributed by atoms with Crippen LogP contribution < -0.4 is 11.1 Å². The van der Waals surface area contributed by atoms with E-state index in [-0.39, 0.29) is 0 Å².